The monoisotopic (exact) mass is 395 g/mol. The zero-order valence-corrected chi connectivity index (χ0v) is 16.7. The molecular weight excluding hydrogens is 366 g/mol. The van der Waals surface area contributed by atoms with Crippen LogP contribution in [0.15, 0.2) is 30.3 Å². The van der Waals surface area contributed by atoms with Gasteiger partial charge in [0.1, 0.15) is 5.75 Å². The van der Waals surface area contributed by atoms with Gasteiger partial charge in [0.25, 0.3) is 5.91 Å². The zero-order chi connectivity index (χ0) is 18.6. The molecule has 2 unspecified atom stereocenters. The fourth-order valence-electron chi connectivity index (χ4n) is 3.80. The molecule has 0 bridgehead atoms. The largest absolute Gasteiger partial charge is 0.484 e. The molecule has 150 valence electrons. The van der Waals surface area contributed by atoms with Gasteiger partial charge in [-0.1, -0.05) is 25.1 Å². The van der Waals surface area contributed by atoms with Crippen LogP contribution in [0.2, 0.25) is 0 Å². The normalized spacial score (nSPS) is 25.0. The molecule has 2 amide bonds. The molecule has 6 nitrogen and oxygen atoms in total. The molecule has 2 fully saturated rings. The number of nitrogens with zero attached hydrogens (tertiary/aromatic N) is 2. The van der Waals surface area contributed by atoms with Crippen molar-refractivity contribution in [3.63, 3.8) is 0 Å². The molecule has 2 atom stereocenters. The van der Waals surface area contributed by atoms with Crippen molar-refractivity contribution in [1.29, 1.82) is 0 Å². The van der Waals surface area contributed by atoms with Crippen LogP contribution >= 0.6 is 12.4 Å². The lowest BCUT2D eigenvalue weighted by Gasteiger charge is -2.34. The summed E-state index contributed by atoms with van der Waals surface area (Å²) in [5, 5.41) is 0. The standard InChI is InChI=1S/C20H29N3O3.ClH/c1-20(14-21)9-11-23(15-20)19(25)16-6-5-10-22(12-16)18(24)13-26-17-7-3-2-4-8-17;/h2-4,7-8,16H,5-6,9-15,21H2,1H3;1H. The molecule has 2 saturated heterocycles. The Morgan fingerprint density at radius 1 is 1.22 bits per heavy atom. The number of carbonyl (C=O) groups excluding carboxylic acids is 2. The second-order valence-electron chi connectivity index (χ2n) is 7.81. The van der Waals surface area contributed by atoms with E-state index < -0.39 is 0 Å². The summed E-state index contributed by atoms with van der Waals surface area (Å²) in [7, 11) is 0. The van der Waals surface area contributed by atoms with E-state index in [4.69, 9.17) is 10.5 Å². The van der Waals surface area contributed by atoms with Gasteiger partial charge in [0.15, 0.2) is 6.61 Å². The van der Waals surface area contributed by atoms with Crippen LogP contribution < -0.4 is 10.5 Å². The van der Waals surface area contributed by atoms with Crippen molar-refractivity contribution >= 4 is 24.2 Å². The molecule has 0 radical (unpaired) electrons. The van der Waals surface area contributed by atoms with E-state index >= 15 is 0 Å². The molecule has 0 spiro atoms. The Hall–Kier alpha value is -1.79. The topological polar surface area (TPSA) is 75.9 Å². The molecule has 2 heterocycles. The Balaban J connectivity index is 0.00000261. The first-order valence-electron chi connectivity index (χ1n) is 9.45. The molecule has 1 aromatic carbocycles. The van der Waals surface area contributed by atoms with Gasteiger partial charge in [0, 0.05) is 26.2 Å². The van der Waals surface area contributed by atoms with Gasteiger partial charge in [0.2, 0.25) is 5.91 Å². The van der Waals surface area contributed by atoms with Crippen LogP contribution in [0, 0.1) is 11.3 Å². The molecule has 7 heteroatoms. The molecule has 3 rings (SSSR count). The molecule has 0 aliphatic carbocycles. The third kappa shape index (κ3) is 5.36. The van der Waals surface area contributed by atoms with E-state index in [-0.39, 0.29) is 42.2 Å². The summed E-state index contributed by atoms with van der Waals surface area (Å²) < 4.78 is 5.56. The minimum atomic E-state index is -0.107. The average molecular weight is 396 g/mol. The number of halogens is 1. The van der Waals surface area contributed by atoms with Gasteiger partial charge in [0.05, 0.1) is 5.92 Å². The van der Waals surface area contributed by atoms with Gasteiger partial charge in [-0.2, -0.15) is 0 Å². The van der Waals surface area contributed by atoms with Gasteiger partial charge < -0.3 is 20.3 Å². The summed E-state index contributed by atoms with van der Waals surface area (Å²) in [6.45, 7) is 5.44. The first-order chi connectivity index (χ1) is 12.5. The van der Waals surface area contributed by atoms with Crippen LogP contribution in [-0.4, -0.2) is 60.9 Å². The highest BCUT2D eigenvalue weighted by molar-refractivity contribution is 5.85. The first-order valence-corrected chi connectivity index (χ1v) is 9.45. The van der Waals surface area contributed by atoms with Crippen molar-refractivity contribution in [3.8, 4) is 5.75 Å². The Bertz CT molecular complexity index is 643. The highest BCUT2D eigenvalue weighted by Gasteiger charge is 2.38. The molecule has 2 aliphatic rings. The molecule has 0 saturated carbocycles. The van der Waals surface area contributed by atoms with E-state index in [9.17, 15) is 9.59 Å². The SMILES string of the molecule is CC1(CN)CCN(C(=O)C2CCCN(C(=O)COc3ccccc3)C2)C1.Cl. The third-order valence-electron chi connectivity index (χ3n) is 5.59. The smallest absolute Gasteiger partial charge is 0.260 e. The lowest BCUT2D eigenvalue weighted by Crippen LogP contribution is -2.48. The summed E-state index contributed by atoms with van der Waals surface area (Å²) in [6.07, 6.45) is 2.66. The van der Waals surface area contributed by atoms with Crippen LogP contribution in [-0.2, 0) is 9.59 Å². The van der Waals surface area contributed by atoms with E-state index in [1.165, 1.54) is 0 Å². The fourth-order valence-corrected chi connectivity index (χ4v) is 3.80. The van der Waals surface area contributed by atoms with Gasteiger partial charge in [-0.25, -0.2) is 0 Å². The number of para-hydroxylation sites is 1. The molecule has 2 aliphatic heterocycles. The predicted octanol–water partition coefficient (Wildman–Crippen LogP) is 1.92. The predicted molar refractivity (Wildman–Crippen MR) is 107 cm³/mol. The summed E-state index contributed by atoms with van der Waals surface area (Å²) in [5.41, 5.74) is 5.88. The van der Waals surface area contributed by atoms with Gasteiger partial charge in [-0.3, -0.25) is 9.59 Å². The van der Waals surface area contributed by atoms with Crippen molar-refractivity contribution in [2.75, 3.05) is 39.3 Å². The van der Waals surface area contributed by atoms with Gasteiger partial charge in [-0.15, -0.1) is 12.4 Å². The second kappa shape index (κ2) is 9.42. The maximum atomic E-state index is 12.9. The molecule has 0 aromatic heterocycles. The highest BCUT2D eigenvalue weighted by Crippen LogP contribution is 2.30. The second-order valence-corrected chi connectivity index (χ2v) is 7.81. The number of nitrogens with two attached hydrogens (primary N) is 1. The van der Waals surface area contributed by atoms with Crippen LogP contribution in [0.25, 0.3) is 0 Å². The Morgan fingerprint density at radius 2 is 1.96 bits per heavy atom. The molecule has 2 N–H and O–H groups in total. The summed E-state index contributed by atoms with van der Waals surface area (Å²) >= 11 is 0. The van der Waals surface area contributed by atoms with Crippen molar-refractivity contribution in [1.82, 2.24) is 9.80 Å². The van der Waals surface area contributed by atoms with E-state index in [2.05, 4.69) is 6.92 Å². The first kappa shape index (κ1) is 21.5. The number of rotatable bonds is 5. The number of hydrogen-bond acceptors (Lipinski definition) is 4. The fraction of sp³-hybridized carbons (Fsp3) is 0.600. The number of hydrogen-bond donors (Lipinski definition) is 1. The Labute approximate surface area is 167 Å². The average Bonchev–Trinajstić information content (AvgIpc) is 3.09. The highest BCUT2D eigenvalue weighted by atomic mass is 35.5. The van der Waals surface area contributed by atoms with Crippen LogP contribution in [0.1, 0.15) is 26.2 Å². The quantitative estimate of drug-likeness (QED) is 0.826. The Kier molecular flexibility index (Phi) is 7.50. The summed E-state index contributed by atoms with van der Waals surface area (Å²) in [4.78, 5) is 29.0. The van der Waals surface area contributed by atoms with Crippen molar-refractivity contribution < 1.29 is 14.3 Å². The number of ether oxygens (including phenoxy) is 1. The minimum absolute atomic E-state index is 0. The Morgan fingerprint density at radius 3 is 2.63 bits per heavy atom. The number of carbonyl (C=O) groups is 2. The molecule has 1 aromatic rings. The molecular formula is C20H30ClN3O3. The van der Waals surface area contributed by atoms with Gasteiger partial charge in [-0.05, 0) is 43.4 Å². The number of benzene rings is 1. The maximum absolute atomic E-state index is 12.9. The lowest BCUT2D eigenvalue weighted by molar-refractivity contribution is -0.141. The van der Waals surface area contributed by atoms with Crippen LogP contribution in [0.3, 0.4) is 0 Å². The number of amides is 2. The number of likely N-dealkylation sites (tertiary alicyclic amines) is 2. The van der Waals surface area contributed by atoms with Crippen molar-refractivity contribution in [2.24, 2.45) is 17.1 Å². The summed E-state index contributed by atoms with van der Waals surface area (Å²) in [5.74, 6) is 0.691. The van der Waals surface area contributed by atoms with Gasteiger partial charge >= 0.3 is 0 Å². The van der Waals surface area contributed by atoms with E-state index in [1.807, 2.05) is 35.2 Å². The lowest BCUT2D eigenvalue weighted by atomic mass is 9.90. The summed E-state index contributed by atoms with van der Waals surface area (Å²) in [6, 6.07) is 9.32. The van der Waals surface area contributed by atoms with E-state index in [1.54, 1.807) is 4.90 Å². The zero-order valence-electron chi connectivity index (χ0n) is 15.9. The van der Waals surface area contributed by atoms with E-state index in [0.717, 1.165) is 32.4 Å². The van der Waals surface area contributed by atoms with Crippen molar-refractivity contribution in [3.05, 3.63) is 30.3 Å². The minimum Gasteiger partial charge on any atom is -0.484 e. The van der Waals surface area contributed by atoms with Crippen LogP contribution in [0.4, 0.5) is 0 Å². The molecule has 27 heavy (non-hydrogen) atoms. The third-order valence-corrected chi connectivity index (χ3v) is 5.59. The van der Waals surface area contributed by atoms with Crippen molar-refractivity contribution in [2.45, 2.75) is 26.2 Å². The van der Waals surface area contributed by atoms with Crippen LogP contribution in [0.5, 0.6) is 5.75 Å². The van der Waals surface area contributed by atoms with E-state index in [0.29, 0.717) is 25.4 Å². The maximum Gasteiger partial charge on any atom is 0.260 e. The number of piperidine rings is 1.